The molecule has 1 fully saturated rings. The Labute approximate surface area is 189 Å². The summed E-state index contributed by atoms with van der Waals surface area (Å²) in [5.41, 5.74) is -4.90. The first-order chi connectivity index (χ1) is 15.7. The van der Waals surface area contributed by atoms with Gasteiger partial charge in [0.25, 0.3) is 0 Å². The fraction of sp³-hybridized carbons (Fsp3) is 0.600. The van der Waals surface area contributed by atoms with Gasteiger partial charge in [0, 0.05) is 36.7 Å². The topological polar surface area (TPSA) is 107 Å². The Kier molecular flexibility index (Phi) is 5.77. The highest BCUT2D eigenvalue weighted by atomic mass is 19.4. The van der Waals surface area contributed by atoms with Crippen molar-refractivity contribution in [3.63, 3.8) is 0 Å². The molecule has 0 aliphatic carbocycles. The van der Waals surface area contributed by atoms with Crippen molar-refractivity contribution in [2.45, 2.75) is 62.9 Å². The number of carbonyl (C=O) groups excluding carboxylic acids is 1. The summed E-state index contributed by atoms with van der Waals surface area (Å²) in [7, 11) is 0. The van der Waals surface area contributed by atoms with Gasteiger partial charge in [-0.3, -0.25) is 9.89 Å². The van der Waals surface area contributed by atoms with Gasteiger partial charge in [-0.05, 0) is 12.8 Å². The molecule has 0 spiro atoms. The minimum atomic E-state index is -5.11. The number of alkyl halides is 6. The van der Waals surface area contributed by atoms with E-state index in [4.69, 9.17) is 0 Å². The number of piperidine rings is 1. The zero-order chi connectivity index (χ0) is 25.1. The number of nitrogens with zero attached hydrogens (tertiary/aromatic N) is 4. The zero-order valence-electron chi connectivity index (χ0n) is 18.2. The first kappa shape index (κ1) is 24.2. The number of fused-ring (bicyclic) bond motifs is 1. The molecule has 2 aromatic heterocycles. The number of rotatable bonds is 3. The quantitative estimate of drug-likeness (QED) is 0.563. The number of hydrogen-bond acceptors (Lipinski definition) is 6. The Morgan fingerprint density at radius 2 is 1.79 bits per heavy atom. The Balaban J connectivity index is 1.60. The lowest BCUT2D eigenvalue weighted by Gasteiger charge is -2.37. The van der Waals surface area contributed by atoms with Gasteiger partial charge in [-0.2, -0.15) is 31.4 Å². The third kappa shape index (κ3) is 4.18. The molecule has 0 saturated carbocycles. The van der Waals surface area contributed by atoms with Crippen molar-refractivity contribution >= 4 is 17.5 Å². The van der Waals surface area contributed by atoms with Gasteiger partial charge in [-0.15, -0.1) is 0 Å². The summed E-state index contributed by atoms with van der Waals surface area (Å²) in [6.07, 6.45) is -10.4. The van der Waals surface area contributed by atoms with Gasteiger partial charge in [0.1, 0.15) is 17.3 Å². The second-order valence-corrected chi connectivity index (χ2v) is 8.83. The largest absolute Gasteiger partial charge is 0.433 e. The Bertz CT molecular complexity index is 1090. The third-order valence-electron chi connectivity index (χ3n) is 6.11. The smallest absolute Gasteiger partial charge is 0.376 e. The minimum absolute atomic E-state index is 0.0422. The first-order valence-electron chi connectivity index (χ1n) is 10.6. The molecule has 0 radical (unpaired) electrons. The number of hydrogen-bond donors (Lipinski definition) is 3. The summed E-state index contributed by atoms with van der Waals surface area (Å²) >= 11 is 0. The summed E-state index contributed by atoms with van der Waals surface area (Å²) in [6.45, 7) is 3.77. The molecule has 4 rings (SSSR count). The van der Waals surface area contributed by atoms with Crippen LogP contribution in [0.4, 0.5) is 38.0 Å². The molecule has 0 aromatic carbocycles. The Hall–Kier alpha value is -2.90. The fourth-order valence-electron chi connectivity index (χ4n) is 4.31. The normalized spacial score (nSPS) is 22.2. The Morgan fingerprint density at radius 1 is 1.15 bits per heavy atom. The molecule has 14 heteroatoms. The molecule has 186 valence electrons. The summed E-state index contributed by atoms with van der Waals surface area (Å²) in [6, 6.07) is 0.863. The van der Waals surface area contributed by atoms with Crippen LogP contribution in [0.3, 0.4) is 0 Å². The van der Waals surface area contributed by atoms with Gasteiger partial charge < -0.3 is 15.3 Å². The van der Waals surface area contributed by atoms with Crippen LogP contribution in [-0.4, -0.2) is 50.4 Å². The zero-order valence-corrected chi connectivity index (χ0v) is 18.2. The Morgan fingerprint density at radius 3 is 2.35 bits per heavy atom. The number of amides is 1. The van der Waals surface area contributed by atoms with E-state index in [0.29, 0.717) is 0 Å². The van der Waals surface area contributed by atoms with Gasteiger partial charge in [-0.1, -0.05) is 13.8 Å². The minimum Gasteiger partial charge on any atom is -0.376 e. The molecular formula is C20H22F6N6O2. The van der Waals surface area contributed by atoms with Crippen LogP contribution in [0.1, 0.15) is 67.7 Å². The van der Waals surface area contributed by atoms with E-state index < -0.39 is 47.5 Å². The van der Waals surface area contributed by atoms with Crippen molar-refractivity contribution in [1.82, 2.24) is 20.2 Å². The summed E-state index contributed by atoms with van der Waals surface area (Å²) in [4.78, 5) is 21.2. The maximum atomic E-state index is 13.7. The third-order valence-corrected chi connectivity index (χ3v) is 6.11. The first-order valence-corrected chi connectivity index (χ1v) is 10.6. The molecule has 0 bridgehead atoms. The van der Waals surface area contributed by atoms with Gasteiger partial charge >= 0.3 is 12.4 Å². The van der Waals surface area contributed by atoms with Gasteiger partial charge in [0.2, 0.25) is 5.91 Å². The molecule has 1 amide bonds. The van der Waals surface area contributed by atoms with E-state index in [1.807, 2.05) is 0 Å². The van der Waals surface area contributed by atoms with E-state index in [-0.39, 0.29) is 55.0 Å². The predicted molar refractivity (Wildman–Crippen MR) is 107 cm³/mol. The predicted octanol–water partition coefficient (Wildman–Crippen LogP) is 3.82. The maximum absolute atomic E-state index is 13.7. The number of carbonyl (C=O) groups is 1. The van der Waals surface area contributed by atoms with E-state index in [1.165, 1.54) is 0 Å². The summed E-state index contributed by atoms with van der Waals surface area (Å²) < 4.78 is 81.2. The lowest BCUT2D eigenvalue weighted by Crippen LogP contribution is -2.49. The molecule has 4 heterocycles. The van der Waals surface area contributed by atoms with Crippen molar-refractivity contribution in [2.75, 3.05) is 23.3 Å². The van der Waals surface area contributed by atoms with E-state index >= 15 is 0 Å². The average Bonchev–Trinajstić information content (AvgIpc) is 3.16. The second kappa shape index (κ2) is 8.10. The lowest BCUT2D eigenvalue weighted by molar-refractivity contribution is -0.267. The highest BCUT2D eigenvalue weighted by Crippen LogP contribution is 2.50. The van der Waals surface area contributed by atoms with E-state index in [1.54, 1.807) is 18.7 Å². The van der Waals surface area contributed by atoms with Crippen LogP contribution >= 0.6 is 0 Å². The lowest BCUT2D eigenvalue weighted by atomic mass is 9.81. The van der Waals surface area contributed by atoms with Crippen LogP contribution in [-0.2, 0) is 16.6 Å². The van der Waals surface area contributed by atoms with Crippen molar-refractivity contribution in [3.8, 4) is 0 Å². The van der Waals surface area contributed by atoms with Crippen LogP contribution in [0, 0.1) is 0 Å². The van der Waals surface area contributed by atoms with Gasteiger partial charge in [-0.25, -0.2) is 9.97 Å². The number of aromatic amines is 1. The standard InChI is InChI=1S/C20H22F6N6O2/c1-9(2)16-27-11(19(21,22)23)7-12(28-16)32-5-3-10(4-6-32)15-14-17(31-30-15)29-13(33)8-18(14,34)20(24,25)26/h7,9-10,34H,3-6,8H2,1-2H3,(H2,29,30,31,33). The molecule has 2 aromatic rings. The monoisotopic (exact) mass is 492 g/mol. The highest BCUT2D eigenvalue weighted by Gasteiger charge is 2.61. The average molecular weight is 492 g/mol. The molecule has 1 atom stereocenters. The highest BCUT2D eigenvalue weighted by molar-refractivity contribution is 5.94. The SMILES string of the molecule is CC(C)c1nc(N2CCC(c3[nH]nc4c3C(O)(C(F)(F)F)CC(=O)N4)CC2)cc(C(F)(F)F)n1. The molecule has 1 unspecified atom stereocenters. The molecular weight excluding hydrogens is 470 g/mol. The van der Waals surface area contributed by atoms with Crippen LogP contribution in [0.5, 0.6) is 0 Å². The van der Waals surface area contributed by atoms with Crippen molar-refractivity contribution in [3.05, 3.63) is 28.8 Å². The van der Waals surface area contributed by atoms with Crippen molar-refractivity contribution in [1.29, 1.82) is 0 Å². The van der Waals surface area contributed by atoms with Gasteiger partial charge in [0.05, 0.1) is 12.0 Å². The van der Waals surface area contributed by atoms with Crippen molar-refractivity contribution in [2.24, 2.45) is 0 Å². The molecule has 2 aliphatic rings. The maximum Gasteiger partial charge on any atom is 0.433 e. The molecule has 34 heavy (non-hydrogen) atoms. The van der Waals surface area contributed by atoms with Gasteiger partial charge in [0.15, 0.2) is 11.4 Å². The van der Waals surface area contributed by atoms with Crippen molar-refractivity contribution < 1.29 is 36.2 Å². The summed E-state index contributed by atoms with van der Waals surface area (Å²) in [5.74, 6) is -2.09. The number of anilines is 2. The van der Waals surface area contributed by atoms with E-state index in [2.05, 4.69) is 25.5 Å². The molecule has 1 saturated heterocycles. The van der Waals surface area contributed by atoms with E-state index in [9.17, 15) is 36.2 Å². The molecule has 8 nitrogen and oxygen atoms in total. The number of aliphatic hydroxyl groups is 1. The van der Waals surface area contributed by atoms with Crippen LogP contribution in [0.15, 0.2) is 6.07 Å². The number of aromatic nitrogens is 4. The summed E-state index contributed by atoms with van der Waals surface area (Å²) in [5, 5.41) is 19.0. The number of halogens is 6. The van der Waals surface area contributed by atoms with E-state index in [0.717, 1.165) is 6.07 Å². The van der Waals surface area contributed by atoms with Crippen LogP contribution < -0.4 is 10.2 Å². The second-order valence-electron chi connectivity index (χ2n) is 8.83. The molecule has 2 aliphatic heterocycles. The van der Waals surface area contributed by atoms with Crippen LogP contribution in [0.2, 0.25) is 0 Å². The molecule has 3 N–H and O–H groups in total. The van der Waals surface area contributed by atoms with Crippen LogP contribution in [0.25, 0.3) is 0 Å². The fourth-order valence-corrected chi connectivity index (χ4v) is 4.31. The number of H-pyrrole nitrogens is 1. The number of nitrogens with one attached hydrogen (secondary N) is 2.